The zero-order chi connectivity index (χ0) is 9.42. The molecule has 1 heterocycles. The molecule has 0 aliphatic carbocycles. The fourth-order valence-electron chi connectivity index (χ4n) is 1.12. The van der Waals surface area contributed by atoms with Crippen molar-refractivity contribution in [1.29, 1.82) is 0 Å². The Balaban J connectivity index is 2.70. The predicted octanol–water partition coefficient (Wildman–Crippen LogP) is 1.40. The Hall–Kier alpha value is -1.46. The SMILES string of the molecule is N[s+]1cnc2cc(C(=O)O)ccc21. The Morgan fingerprint density at radius 1 is 1.54 bits per heavy atom. The van der Waals surface area contributed by atoms with E-state index in [1.54, 1.807) is 17.6 Å². The van der Waals surface area contributed by atoms with Crippen LogP contribution in [-0.2, 0) is 0 Å². The van der Waals surface area contributed by atoms with Gasteiger partial charge in [0.15, 0.2) is 0 Å². The maximum absolute atomic E-state index is 10.6. The number of carbonyl (C=O) groups is 1. The van der Waals surface area contributed by atoms with Crippen LogP contribution in [0.2, 0.25) is 0 Å². The zero-order valence-electron chi connectivity index (χ0n) is 6.60. The van der Waals surface area contributed by atoms with Crippen molar-refractivity contribution >= 4 is 26.8 Å². The number of nitrogen functional groups attached to an aromatic ring is 1. The summed E-state index contributed by atoms with van der Waals surface area (Å²) in [6, 6.07) is 4.80. The number of aromatic carboxylic acids is 1. The molecule has 1 aromatic carbocycles. The van der Waals surface area contributed by atoms with Gasteiger partial charge in [-0.3, -0.25) is 0 Å². The number of aromatic nitrogens is 1. The number of hydrogen-bond donors (Lipinski definition) is 2. The largest absolute Gasteiger partial charge is 0.478 e. The van der Waals surface area contributed by atoms with Gasteiger partial charge in [-0.1, -0.05) is 0 Å². The topological polar surface area (TPSA) is 76.2 Å². The normalized spacial score (nSPS) is 11.9. The van der Waals surface area contributed by atoms with E-state index in [0.717, 1.165) is 4.70 Å². The maximum atomic E-state index is 10.6. The van der Waals surface area contributed by atoms with Crippen molar-refractivity contribution in [2.24, 2.45) is 0 Å². The van der Waals surface area contributed by atoms with E-state index in [4.69, 9.17) is 10.2 Å². The van der Waals surface area contributed by atoms with Crippen molar-refractivity contribution in [3.63, 3.8) is 0 Å². The average molecular weight is 195 g/mol. The Bertz CT molecular complexity index is 478. The van der Waals surface area contributed by atoms with Crippen molar-refractivity contribution in [1.82, 2.24) is 4.98 Å². The lowest BCUT2D eigenvalue weighted by molar-refractivity contribution is 0.0697. The van der Waals surface area contributed by atoms with Crippen LogP contribution in [0.4, 0.5) is 0 Å². The van der Waals surface area contributed by atoms with Crippen LogP contribution < -0.4 is 5.14 Å². The lowest BCUT2D eigenvalue weighted by atomic mass is 10.2. The lowest BCUT2D eigenvalue weighted by Gasteiger charge is -1.90. The first-order valence-corrected chi connectivity index (χ1v) is 4.92. The van der Waals surface area contributed by atoms with Crippen LogP contribution in [0.5, 0.6) is 0 Å². The Morgan fingerprint density at radius 3 is 3.00 bits per heavy atom. The molecule has 0 saturated heterocycles. The van der Waals surface area contributed by atoms with Gasteiger partial charge >= 0.3 is 5.97 Å². The molecule has 5 heteroatoms. The number of thiazole rings is 1. The molecule has 0 amide bonds. The molecule has 13 heavy (non-hydrogen) atoms. The van der Waals surface area contributed by atoms with Crippen LogP contribution in [0.25, 0.3) is 10.2 Å². The molecule has 66 valence electrons. The van der Waals surface area contributed by atoms with Crippen LogP contribution in [-0.4, -0.2) is 16.1 Å². The summed E-state index contributed by atoms with van der Waals surface area (Å²) < 4.78 is 0.907. The van der Waals surface area contributed by atoms with E-state index in [2.05, 4.69) is 4.98 Å². The number of carboxylic acids is 1. The number of nitrogens with zero attached hydrogens (tertiary/aromatic N) is 1. The first kappa shape index (κ1) is 8.15. The van der Waals surface area contributed by atoms with Crippen molar-refractivity contribution < 1.29 is 9.90 Å². The number of carboxylic acid groups (broad SMARTS) is 1. The highest BCUT2D eigenvalue weighted by molar-refractivity contribution is 7.35. The first-order chi connectivity index (χ1) is 6.18. The van der Waals surface area contributed by atoms with E-state index in [0.29, 0.717) is 5.52 Å². The minimum atomic E-state index is -0.943. The standard InChI is InChI=1S/C8H6N2O2S/c9-13-4-10-6-3-5(8(11)12)1-2-7(6)13/h1-4H,9H2/p+1. The molecule has 2 rings (SSSR count). The molecule has 0 bridgehead atoms. The number of nitrogens with two attached hydrogens (primary N) is 1. The molecule has 1 unspecified atom stereocenters. The average Bonchev–Trinajstić information content (AvgIpc) is 2.47. The number of fused-ring (bicyclic) bond motifs is 1. The summed E-state index contributed by atoms with van der Waals surface area (Å²) in [6.07, 6.45) is 0. The fourth-order valence-corrected chi connectivity index (χ4v) is 2.04. The van der Waals surface area contributed by atoms with E-state index in [9.17, 15) is 4.79 Å². The van der Waals surface area contributed by atoms with Crippen molar-refractivity contribution in [2.45, 2.75) is 0 Å². The molecular weight excluding hydrogens is 188 g/mol. The van der Waals surface area contributed by atoms with Crippen LogP contribution >= 0.6 is 10.7 Å². The van der Waals surface area contributed by atoms with Gasteiger partial charge in [0.05, 0.1) is 16.2 Å². The molecule has 0 spiro atoms. The third kappa shape index (κ3) is 1.28. The molecule has 4 nitrogen and oxygen atoms in total. The highest BCUT2D eigenvalue weighted by Crippen LogP contribution is 2.24. The van der Waals surface area contributed by atoms with Crippen molar-refractivity contribution in [3.05, 3.63) is 29.3 Å². The van der Waals surface area contributed by atoms with Gasteiger partial charge in [-0.15, -0.1) is 5.14 Å². The minimum absolute atomic E-state index is 0.245. The zero-order valence-corrected chi connectivity index (χ0v) is 7.41. The summed E-state index contributed by atoms with van der Waals surface area (Å²) in [6.45, 7) is 0. The van der Waals surface area contributed by atoms with Gasteiger partial charge in [0.1, 0.15) is 5.52 Å². The smallest absolute Gasteiger partial charge is 0.335 e. The summed E-state index contributed by atoms with van der Waals surface area (Å²) in [5.74, 6) is -0.943. The third-order valence-corrected chi connectivity index (χ3v) is 2.95. The van der Waals surface area contributed by atoms with E-state index in [-0.39, 0.29) is 5.56 Å². The van der Waals surface area contributed by atoms with Crippen LogP contribution in [0.1, 0.15) is 10.4 Å². The van der Waals surface area contributed by atoms with Gasteiger partial charge in [-0.2, -0.15) is 4.98 Å². The number of rotatable bonds is 1. The minimum Gasteiger partial charge on any atom is -0.478 e. The van der Waals surface area contributed by atoms with Gasteiger partial charge in [0.25, 0.3) is 5.51 Å². The van der Waals surface area contributed by atoms with Crippen LogP contribution in [0.3, 0.4) is 0 Å². The summed E-state index contributed by atoms with van der Waals surface area (Å²) in [7, 11) is -0.454. The van der Waals surface area contributed by atoms with Gasteiger partial charge < -0.3 is 5.11 Å². The van der Waals surface area contributed by atoms with Crippen molar-refractivity contribution in [3.8, 4) is 0 Å². The molecule has 0 saturated carbocycles. The monoisotopic (exact) mass is 195 g/mol. The Kier molecular flexibility index (Phi) is 1.75. The summed E-state index contributed by atoms with van der Waals surface area (Å²) in [4.78, 5) is 14.6. The molecule has 3 N–H and O–H groups in total. The molecule has 2 aromatic rings. The molecular formula is C8H7N2O2S+. The molecule has 0 aliphatic heterocycles. The molecule has 0 fully saturated rings. The van der Waals surface area contributed by atoms with E-state index >= 15 is 0 Å². The predicted molar refractivity (Wildman–Crippen MR) is 51.3 cm³/mol. The highest BCUT2D eigenvalue weighted by Gasteiger charge is 2.12. The second-order valence-electron chi connectivity index (χ2n) is 2.59. The third-order valence-electron chi connectivity index (χ3n) is 1.77. The molecule has 0 radical (unpaired) electrons. The van der Waals surface area contributed by atoms with Crippen LogP contribution in [0.15, 0.2) is 23.7 Å². The summed E-state index contributed by atoms with van der Waals surface area (Å²) in [5, 5.41) is 14.4. The molecule has 1 aromatic heterocycles. The van der Waals surface area contributed by atoms with Crippen LogP contribution in [0, 0.1) is 0 Å². The van der Waals surface area contributed by atoms with Gasteiger partial charge in [0, 0.05) is 6.07 Å². The number of hydrogen-bond acceptors (Lipinski definition) is 3. The quantitative estimate of drug-likeness (QED) is 0.674. The summed E-state index contributed by atoms with van der Waals surface area (Å²) in [5.41, 5.74) is 2.55. The lowest BCUT2D eigenvalue weighted by Crippen LogP contribution is -1.94. The van der Waals surface area contributed by atoms with Gasteiger partial charge in [-0.25, -0.2) is 4.79 Å². The Morgan fingerprint density at radius 2 is 2.31 bits per heavy atom. The first-order valence-electron chi connectivity index (χ1n) is 3.57. The van der Waals surface area contributed by atoms with E-state index in [1.165, 1.54) is 6.07 Å². The molecule has 0 aliphatic rings. The Labute approximate surface area is 76.7 Å². The maximum Gasteiger partial charge on any atom is 0.335 e. The fraction of sp³-hybridized carbons (Fsp3) is 0. The van der Waals surface area contributed by atoms with Gasteiger partial charge in [0.2, 0.25) is 4.70 Å². The van der Waals surface area contributed by atoms with E-state index < -0.39 is 16.6 Å². The van der Waals surface area contributed by atoms with Crippen molar-refractivity contribution in [2.75, 3.05) is 5.14 Å². The second-order valence-corrected chi connectivity index (χ2v) is 3.99. The molecule has 1 atom stereocenters. The highest BCUT2D eigenvalue weighted by atomic mass is 32.2. The van der Waals surface area contributed by atoms with E-state index in [1.807, 2.05) is 0 Å². The second kappa shape index (κ2) is 2.79. The summed E-state index contributed by atoms with van der Waals surface area (Å²) >= 11 is 0. The van der Waals surface area contributed by atoms with Gasteiger partial charge in [-0.05, 0) is 12.1 Å². The number of benzene rings is 1.